The Hall–Kier alpha value is -4.34. The predicted molar refractivity (Wildman–Crippen MR) is 140 cm³/mol. The molecule has 3 aliphatic heterocycles. The third-order valence-corrected chi connectivity index (χ3v) is 8.01. The molecule has 4 heterocycles. The minimum Gasteiger partial charge on any atom is -0.496 e. The second-order valence-corrected chi connectivity index (χ2v) is 9.96. The number of likely N-dealkylation sites (tertiary alicyclic amines) is 1. The first-order valence-electron chi connectivity index (χ1n) is 12.8. The molecule has 3 aromatic rings. The van der Waals surface area contributed by atoms with E-state index in [1.165, 1.54) is 0 Å². The Bertz CT molecular complexity index is 1360. The Balaban J connectivity index is 1.11. The molecule has 0 atom stereocenters. The fraction of sp³-hybridized carbons (Fsp3) is 0.357. The van der Waals surface area contributed by atoms with Crippen LogP contribution in [-0.4, -0.2) is 72.9 Å². The first kappa shape index (κ1) is 24.0. The van der Waals surface area contributed by atoms with Gasteiger partial charge in [-0.2, -0.15) is 5.10 Å². The highest BCUT2D eigenvalue weighted by Crippen LogP contribution is 2.44. The molecule has 6 rings (SSSR count). The monoisotopic (exact) mass is 515 g/mol. The average molecular weight is 516 g/mol. The molecule has 10 heteroatoms. The zero-order valence-electron chi connectivity index (χ0n) is 21.2. The number of piperidine rings is 1. The minimum atomic E-state index is -0.451. The summed E-state index contributed by atoms with van der Waals surface area (Å²) in [5, 5.41) is 6.83. The summed E-state index contributed by atoms with van der Waals surface area (Å²) in [6, 6.07) is 12.9. The van der Waals surface area contributed by atoms with Crippen LogP contribution in [0.4, 0.5) is 16.2 Å². The summed E-state index contributed by atoms with van der Waals surface area (Å²) >= 11 is 0. The van der Waals surface area contributed by atoms with Crippen molar-refractivity contribution in [3.8, 4) is 16.9 Å². The summed E-state index contributed by atoms with van der Waals surface area (Å²) in [6.07, 6.45) is 5.21. The number of cyclic esters (lactones) is 1. The number of hydrogen-bond donors (Lipinski definition) is 1. The Labute approximate surface area is 220 Å². The van der Waals surface area contributed by atoms with E-state index in [1.807, 2.05) is 28.0 Å². The summed E-state index contributed by atoms with van der Waals surface area (Å²) in [6.45, 7) is 2.58. The highest BCUT2D eigenvalue weighted by atomic mass is 16.6. The SMILES string of the molecule is COc1cc(N2CCC3(CCN(C(=O)c4ccc(N5CCOC5=O)cc4)CC3)C2=O)ccc1-c1cn[nH]c1. The van der Waals surface area contributed by atoms with Crippen LogP contribution in [0, 0.1) is 5.41 Å². The van der Waals surface area contributed by atoms with Crippen LogP contribution in [0.1, 0.15) is 29.6 Å². The molecule has 0 saturated carbocycles. The lowest BCUT2D eigenvalue weighted by molar-refractivity contribution is -0.127. The highest BCUT2D eigenvalue weighted by molar-refractivity contribution is 6.01. The lowest BCUT2D eigenvalue weighted by atomic mass is 9.77. The van der Waals surface area contributed by atoms with Crippen molar-refractivity contribution in [2.24, 2.45) is 5.41 Å². The van der Waals surface area contributed by atoms with Gasteiger partial charge in [-0.05, 0) is 55.7 Å². The van der Waals surface area contributed by atoms with Crippen LogP contribution in [0.2, 0.25) is 0 Å². The average Bonchev–Trinajstić information content (AvgIpc) is 3.71. The number of ether oxygens (including phenoxy) is 2. The van der Waals surface area contributed by atoms with E-state index >= 15 is 0 Å². The van der Waals surface area contributed by atoms with Gasteiger partial charge in [-0.25, -0.2) is 4.79 Å². The van der Waals surface area contributed by atoms with Gasteiger partial charge >= 0.3 is 6.09 Å². The summed E-state index contributed by atoms with van der Waals surface area (Å²) in [4.78, 5) is 43.8. The van der Waals surface area contributed by atoms with Crippen molar-refractivity contribution in [2.45, 2.75) is 19.3 Å². The number of methoxy groups -OCH3 is 1. The fourth-order valence-electron chi connectivity index (χ4n) is 5.75. The molecule has 38 heavy (non-hydrogen) atoms. The van der Waals surface area contributed by atoms with Gasteiger partial charge in [0.1, 0.15) is 12.4 Å². The number of carbonyl (C=O) groups excluding carboxylic acids is 3. The molecule has 0 bridgehead atoms. The summed E-state index contributed by atoms with van der Waals surface area (Å²) in [7, 11) is 1.62. The molecule has 2 aromatic carbocycles. The van der Waals surface area contributed by atoms with Gasteiger partial charge < -0.3 is 19.3 Å². The Morgan fingerprint density at radius 1 is 0.974 bits per heavy atom. The standard InChI is InChI=1S/C28H29N5O5/c1-37-24-16-22(6-7-23(24)20-17-29-30-18-20)32-13-10-28(26(32)35)8-11-31(12-9-28)25(34)19-2-4-21(5-3-19)33-14-15-38-27(33)36/h2-7,16-18H,8-15H2,1H3,(H,29,30). The van der Waals surface area contributed by atoms with Gasteiger partial charge in [-0.15, -0.1) is 0 Å². The van der Waals surface area contributed by atoms with Crippen molar-refractivity contribution in [1.82, 2.24) is 15.1 Å². The lowest BCUT2D eigenvalue weighted by Gasteiger charge is -2.38. The maximum atomic E-state index is 13.7. The third kappa shape index (κ3) is 4.06. The Kier molecular flexibility index (Phi) is 6.01. The van der Waals surface area contributed by atoms with Gasteiger partial charge in [0.05, 0.1) is 25.3 Å². The molecule has 3 saturated heterocycles. The second kappa shape index (κ2) is 9.51. The van der Waals surface area contributed by atoms with Crippen LogP contribution in [0.25, 0.3) is 11.1 Å². The zero-order chi connectivity index (χ0) is 26.3. The van der Waals surface area contributed by atoms with Crippen molar-refractivity contribution < 1.29 is 23.9 Å². The smallest absolute Gasteiger partial charge is 0.414 e. The number of amides is 3. The number of nitrogens with one attached hydrogen (secondary N) is 1. The van der Waals surface area contributed by atoms with E-state index in [1.54, 1.807) is 48.7 Å². The largest absolute Gasteiger partial charge is 0.496 e. The first-order valence-corrected chi connectivity index (χ1v) is 12.8. The number of H-pyrrole nitrogens is 1. The van der Waals surface area contributed by atoms with E-state index in [2.05, 4.69) is 10.2 Å². The van der Waals surface area contributed by atoms with E-state index in [0.717, 1.165) is 23.2 Å². The number of hydrogen-bond acceptors (Lipinski definition) is 6. The van der Waals surface area contributed by atoms with E-state index in [-0.39, 0.29) is 17.9 Å². The zero-order valence-corrected chi connectivity index (χ0v) is 21.2. The Morgan fingerprint density at radius 3 is 2.37 bits per heavy atom. The summed E-state index contributed by atoms with van der Waals surface area (Å²) < 4.78 is 10.6. The van der Waals surface area contributed by atoms with E-state index in [4.69, 9.17) is 9.47 Å². The van der Waals surface area contributed by atoms with Crippen LogP contribution in [-0.2, 0) is 9.53 Å². The van der Waals surface area contributed by atoms with Gasteiger partial charge in [0.15, 0.2) is 0 Å². The Morgan fingerprint density at radius 2 is 1.71 bits per heavy atom. The van der Waals surface area contributed by atoms with Crippen molar-refractivity contribution in [2.75, 3.05) is 49.7 Å². The van der Waals surface area contributed by atoms with Gasteiger partial charge in [-0.1, -0.05) is 0 Å². The maximum Gasteiger partial charge on any atom is 0.414 e. The van der Waals surface area contributed by atoms with E-state index < -0.39 is 5.41 Å². The third-order valence-electron chi connectivity index (χ3n) is 8.01. The molecule has 196 valence electrons. The van der Waals surface area contributed by atoms with Crippen LogP contribution in [0.15, 0.2) is 54.9 Å². The van der Waals surface area contributed by atoms with Gasteiger partial charge in [0.25, 0.3) is 5.91 Å². The molecule has 0 unspecified atom stereocenters. The fourth-order valence-corrected chi connectivity index (χ4v) is 5.75. The molecule has 3 amide bonds. The predicted octanol–water partition coefficient (Wildman–Crippen LogP) is 3.70. The number of carbonyl (C=O) groups is 3. The number of anilines is 2. The summed E-state index contributed by atoms with van der Waals surface area (Å²) in [5.74, 6) is 0.743. The van der Waals surface area contributed by atoms with Crippen LogP contribution >= 0.6 is 0 Å². The molecular formula is C28H29N5O5. The number of nitrogens with zero attached hydrogens (tertiary/aromatic N) is 4. The molecule has 0 aliphatic carbocycles. The normalized spacial score (nSPS) is 18.8. The van der Waals surface area contributed by atoms with Gasteiger partial charge in [0, 0.05) is 60.0 Å². The molecule has 1 aromatic heterocycles. The van der Waals surface area contributed by atoms with E-state index in [9.17, 15) is 14.4 Å². The van der Waals surface area contributed by atoms with Crippen molar-refractivity contribution in [1.29, 1.82) is 0 Å². The van der Waals surface area contributed by atoms with Crippen LogP contribution in [0.3, 0.4) is 0 Å². The highest BCUT2D eigenvalue weighted by Gasteiger charge is 2.49. The van der Waals surface area contributed by atoms with Crippen molar-refractivity contribution >= 4 is 29.3 Å². The number of aromatic amines is 1. The summed E-state index contributed by atoms with van der Waals surface area (Å²) in [5.41, 5.74) is 3.48. The molecule has 3 aliphatic rings. The topological polar surface area (TPSA) is 108 Å². The maximum absolute atomic E-state index is 13.7. The van der Waals surface area contributed by atoms with Crippen LogP contribution in [0.5, 0.6) is 5.75 Å². The number of aromatic nitrogens is 2. The molecule has 3 fully saturated rings. The molecule has 1 spiro atoms. The van der Waals surface area contributed by atoms with Crippen molar-refractivity contribution in [3.05, 3.63) is 60.4 Å². The molecule has 1 N–H and O–H groups in total. The lowest BCUT2D eigenvalue weighted by Crippen LogP contribution is -2.46. The van der Waals surface area contributed by atoms with Crippen LogP contribution < -0.4 is 14.5 Å². The van der Waals surface area contributed by atoms with E-state index in [0.29, 0.717) is 62.6 Å². The van der Waals surface area contributed by atoms with Gasteiger partial charge in [0.2, 0.25) is 5.91 Å². The first-order chi connectivity index (χ1) is 18.5. The molecular weight excluding hydrogens is 486 g/mol. The molecule has 10 nitrogen and oxygen atoms in total. The quantitative estimate of drug-likeness (QED) is 0.555. The minimum absolute atomic E-state index is 0.0581. The van der Waals surface area contributed by atoms with Gasteiger partial charge in [-0.3, -0.25) is 19.6 Å². The number of rotatable bonds is 5. The second-order valence-electron chi connectivity index (χ2n) is 9.96. The molecule has 0 radical (unpaired) electrons. The van der Waals surface area contributed by atoms with Crippen molar-refractivity contribution in [3.63, 3.8) is 0 Å². The number of benzene rings is 2.